The summed E-state index contributed by atoms with van der Waals surface area (Å²) in [7, 11) is 0. The van der Waals surface area contributed by atoms with Crippen molar-refractivity contribution in [3.63, 3.8) is 0 Å². The van der Waals surface area contributed by atoms with Gasteiger partial charge >= 0.3 is 0 Å². The van der Waals surface area contributed by atoms with Crippen molar-refractivity contribution in [1.82, 2.24) is 4.57 Å². The van der Waals surface area contributed by atoms with Gasteiger partial charge in [-0.2, -0.15) is 0 Å². The van der Waals surface area contributed by atoms with Crippen LogP contribution in [0.25, 0.3) is 5.69 Å². The number of hydrogen-bond acceptors (Lipinski definition) is 4. The molecule has 0 amide bonds. The van der Waals surface area contributed by atoms with Crippen LogP contribution in [0.1, 0.15) is 27.3 Å². The van der Waals surface area contributed by atoms with Gasteiger partial charge in [-0.3, -0.25) is 4.79 Å². The lowest BCUT2D eigenvalue weighted by Gasteiger charge is -2.11. The van der Waals surface area contributed by atoms with E-state index in [-0.39, 0.29) is 19.2 Å². The van der Waals surface area contributed by atoms with E-state index in [4.69, 9.17) is 14.2 Å². The van der Waals surface area contributed by atoms with Gasteiger partial charge in [-0.05, 0) is 51.1 Å². The molecule has 0 radical (unpaired) electrons. The maximum atomic E-state index is 12.7. The van der Waals surface area contributed by atoms with Gasteiger partial charge in [0.2, 0.25) is 12.6 Å². The summed E-state index contributed by atoms with van der Waals surface area (Å²) in [5, 5.41) is 0. The summed E-state index contributed by atoms with van der Waals surface area (Å²) in [6.45, 7) is 6.18. The van der Waals surface area contributed by atoms with E-state index in [1.165, 1.54) is 0 Å². The number of aromatic nitrogens is 1. The predicted octanol–water partition coefficient (Wildman–Crippen LogP) is 4.39. The third-order valence-electron chi connectivity index (χ3n) is 4.74. The van der Waals surface area contributed by atoms with Crippen LogP contribution in [0.15, 0.2) is 48.5 Å². The molecule has 3 aromatic rings. The van der Waals surface area contributed by atoms with Crippen molar-refractivity contribution in [3.8, 4) is 22.9 Å². The second-order valence-electron chi connectivity index (χ2n) is 6.68. The molecule has 0 saturated heterocycles. The third-order valence-corrected chi connectivity index (χ3v) is 4.74. The second kappa shape index (κ2) is 6.83. The van der Waals surface area contributed by atoms with Gasteiger partial charge in [0.25, 0.3) is 0 Å². The lowest BCUT2D eigenvalue weighted by molar-refractivity contribution is 0.0921. The van der Waals surface area contributed by atoms with E-state index in [0.717, 1.165) is 34.1 Å². The molecule has 0 spiro atoms. The number of benzene rings is 2. The van der Waals surface area contributed by atoms with Crippen LogP contribution < -0.4 is 14.2 Å². The molecule has 138 valence electrons. The molecule has 0 bridgehead atoms. The number of hydrogen-bond donors (Lipinski definition) is 0. The molecular weight excluding hydrogens is 342 g/mol. The Morgan fingerprint density at radius 3 is 2.52 bits per heavy atom. The van der Waals surface area contributed by atoms with Gasteiger partial charge in [0.15, 0.2) is 18.1 Å². The zero-order valence-electron chi connectivity index (χ0n) is 15.6. The zero-order chi connectivity index (χ0) is 19.0. The molecule has 0 atom stereocenters. The summed E-state index contributed by atoms with van der Waals surface area (Å²) in [6, 6.07) is 15.4. The first-order valence-electron chi connectivity index (χ1n) is 8.84. The van der Waals surface area contributed by atoms with Crippen molar-refractivity contribution < 1.29 is 19.0 Å². The van der Waals surface area contributed by atoms with Crippen LogP contribution in [0.2, 0.25) is 0 Å². The summed E-state index contributed by atoms with van der Waals surface area (Å²) in [5.41, 5.74) is 4.61. The molecule has 0 fully saturated rings. The molecule has 2 aromatic carbocycles. The number of rotatable bonds is 5. The maximum absolute atomic E-state index is 12.7. The van der Waals surface area contributed by atoms with Gasteiger partial charge in [0.05, 0.1) is 0 Å². The van der Waals surface area contributed by atoms with Crippen molar-refractivity contribution >= 4 is 5.78 Å². The molecule has 4 rings (SSSR count). The molecule has 5 nitrogen and oxygen atoms in total. The fraction of sp³-hybridized carbons (Fsp3) is 0.227. The van der Waals surface area contributed by atoms with E-state index < -0.39 is 0 Å². The highest BCUT2D eigenvalue weighted by Crippen LogP contribution is 2.35. The zero-order valence-corrected chi connectivity index (χ0v) is 15.6. The SMILES string of the molecule is Cc1ccc(OCC(=O)c2cc(C)n(-c3ccc4c(c3)OCO4)c2C)cc1. The predicted molar refractivity (Wildman–Crippen MR) is 102 cm³/mol. The molecule has 2 heterocycles. The number of nitrogens with zero attached hydrogens (tertiary/aromatic N) is 1. The first-order valence-corrected chi connectivity index (χ1v) is 8.84. The smallest absolute Gasteiger partial charge is 0.231 e. The molecule has 27 heavy (non-hydrogen) atoms. The van der Waals surface area contributed by atoms with E-state index >= 15 is 0 Å². The Bertz CT molecular complexity index is 1000. The minimum atomic E-state index is -0.0457. The fourth-order valence-corrected chi connectivity index (χ4v) is 3.33. The third kappa shape index (κ3) is 3.28. The van der Waals surface area contributed by atoms with Crippen molar-refractivity contribution in [2.45, 2.75) is 20.8 Å². The van der Waals surface area contributed by atoms with Gasteiger partial charge in [-0.15, -0.1) is 0 Å². The minimum Gasteiger partial charge on any atom is -0.485 e. The highest BCUT2D eigenvalue weighted by Gasteiger charge is 2.19. The Morgan fingerprint density at radius 2 is 1.74 bits per heavy atom. The Balaban J connectivity index is 1.56. The lowest BCUT2D eigenvalue weighted by atomic mass is 10.1. The number of ether oxygens (including phenoxy) is 3. The van der Waals surface area contributed by atoms with Gasteiger partial charge in [-0.1, -0.05) is 17.7 Å². The summed E-state index contributed by atoms with van der Waals surface area (Å²) in [4.78, 5) is 12.7. The van der Waals surface area contributed by atoms with Crippen LogP contribution in [0.5, 0.6) is 17.2 Å². The summed E-state index contributed by atoms with van der Waals surface area (Å²) >= 11 is 0. The van der Waals surface area contributed by atoms with Crippen molar-refractivity contribution in [2.75, 3.05) is 13.4 Å². The molecule has 0 saturated carbocycles. The number of ketones is 1. The number of carbonyl (C=O) groups excluding carboxylic acids is 1. The molecule has 1 aromatic heterocycles. The Morgan fingerprint density at radius 1 is 1.00 bits per heavy atom. The van der Waals surface area contributed by atoms with Gasteiger partial charge in [-0.25, -0.2) is 0 Å². The molecule has 0 N–H and O–H groups in total. The Kier molecular flexibility index (Phi) is 4.36. The molecule has 5 heteroatoms. The van der Waals surface area contributed by atoms with Crippen molar-refractivity contribution in [1.29, 1.82) is 0 Å². The van der Waals surface area contributed by atoms with Crippen LogP contribution in [0, 0.1) is 20.8 Å². The number of fused-ring (bicyclic) bond motifs is 1. The van der Waals surface area contributed by atoms with Gasteiger partial charge < -0.3 is 18.8 Å². The quantitative estimate of drug-likeness (QED) is 0.631. The number of Topliss-reactive ketones (excluding diaryl/α,β-unsaturated/α-hetero) is 1. The standard InChI is InChI=1S/C22H21NO4/c1-14-4-7-18(8-5-14)25-12-20(24)19-10-15(2)23(16(19)3)17-6-9-21-22(11-17)27-13-26-21/h4-11H,12-13H2,1-3H3. The average molecular weight is 363 g/mol. The normalized spacial score (nSPS) is 12.3. The second-order valence-corrected chi connectivity index (χ2v) is 6.68. The van der Waals surface area contributed by atoms with E-state index in [1.54, 1.807) is 0 Å². The van der Waals surface area contributed by atoms with E-state index in [9.17, 15) is 4.79 Å². The van der Waals surface area contributed by atoms with E-state index in [1.807, 2.05) is 73.9 Å². The van der Waals surface area contributed by atoms with Crippen LogP contribution in [0.3, 0.4) is 0 Å². The number of carbonyl (C=O) groups is 1. The highest BCUT2D eigenvalue weighted by molar-refractivity contribution is 5.98. The van der Waals surface area contributed by atoms with Gasteiger partial charge in [0, 0.05) is 28.7 Å². The maximum Gasteiger partial charge on any atom is 0.231 e. The number of aryl methyl sites for hydroxylation is 2. The van der Waals surface area contributed by atoms with E-state index in [0.29, 0.717) is 11.3 Å². The molecule has 0 unspecified atom stereocenters. The topological polar surface area (TPSA) is 49.7 Å². The van der Waals surface area contributed by atoms with Crippen LogP contribution >= 0.6 is 0 Å². The highest BCUT2D eigenvalue weighted by atomic mass is 16.7. The fourth-order valence-electron chi connectivity index (χ4n) is 3.33. The molecule has 1 aliphatic heterocycles. The minimum absolute atomic E-state index is 0.00843. The Labute approximate surface area is 158 Å². The lowest BCUT2D eigenvalue weighted by Crippen LogP contribution is -2.12. The molecule has 0 aliphatic carbocycles. The van der Waals surface area contributed by atoms with Crippen LogP contribution in [-0.4, -0.2) is 23.8 Å². The van der Waals surface area contributed by atoms with Crippen molar-refractivity contribution in [2.24, 2.45) is 0 Å². The Hall–Kier alpha value is -3.21. The van der Waals surface area contributed by atoms with Crippen molar-refractivity contribution in [3.05, 3.63) is 71.0 Å². The van der Waals surface area contributed by atoms with E-state index in [2.05, 4.69) is 0 Å². The largest absolute Gasteiger partial charge is 0.485 e. The monoisotopic (exact) mass is 363 g/mol. The van der Waals surface area contributed by atoms with Crippen LogP contribution in [0.4, 0.5) is 0 Å². The average Bonchev–Trinajstić information content (AvgIpc) is 3.24. The van der Waals surface area contributed by atoms with Gasteiger partial charge in [0.1, 0.15) is 5.75 Å². The first-order chi connectivity index (χ1) is 13.0. The molecular formula is C22H21NO4. The molecule has 1 aliphatic rings. The summed E-state index contributed by atoms with van der Waals surface area (Å²) in [6.07, 6.45) is 0. The van der Waals surface area contributed by atoms with Crippen LogP contribution in [-0.2, 0) is 0 Å². The summed E-state index contributed by atoms with van der Waals surface area (Å²) < 4.78 is 18.5. The summed E-state index contributed by atoms with van der Waals surface area (Å²) in [5.74, 6) is 2.11. The first kappa shape index (κ1) is 17.2.